The third-order valence-electron chi connectivity index (χ3n) is 6.34. The van der Waals surface area contributed by atoms with Gasteiger partial charge in [-0.1, -0.05) is 91.7 Å². The van der Waals surface area contributed by atoms with Crippen LogP contribution in [0.4, 0.5) is 0 Å². The second-order valence-electron chi connectivity index (χ2n) is 10.0. The molecule has 0 fully saturated rings. The highest BCUT2D eigenvalue weighted by Crippen LogP contribution is 2.22. The van der Waals surface area contributed by atoms with E-state index in [1.807, 2.05) is 57.2 Å². The zero-order valence-electron chi connectivity index (χ0n) is 22.8. The highest BCUT2D eigenvalue weighted by atomic mass is 35.5. The first-order chi connectivity index (χ1) is 18.5. The normalized spacial score (nSPS) is 12.4. The molecule has 0 unspecified atom stereocenters. The van der Waals surface area contributed by atoms with Crippen molar-refractivity contribution in [1.82, 2.24) is 14.5 Å². The zero-order chi connectivity index (χ0) is 28.6. The number of hydrogen-bond donors (Lipinski definition) is 1. The summed E-state index contributed by atoms with van der Waals surface area (Å²) in [5.41, 5.74) is 2.46. The van der Waals surface area contributed by atoms with Gasteiger partial charge in [-0.05, 0) is 42.2 Å². The maximum Gasteiger partial charge on any atom is 0.243 e. The standard InChI is InChI=1S/C30H36ClN3O4S/c1-22(2)19-32-30(36)28(18-24-10-6-5-7-11-24)34(20-25-12-8-9-13-27(25)31)29(35)21-33(4)39(37,38)26-16-14-23(3)15-17-26/h5-17,22,28H,18-21H2,1-4H3,(H,32,36)/t28-/m1/s1. The van der Waals surface area contributed by atoms with Crippen molar-refractivity contribution in [2.75, 3.05) is 20.1 Å². The number of amides is 2. The molecule has 0 aliphatic heterocycles. The minimum Gasteiger partial charge on any atom is -0.354 e. The van der Waals surface area contributed by atoms with Gasteiger partial charge in [-0.25, -0.2) is 8.42 Å². The highest BCUT2D eigenvalue weighted by molar-refractivity contribution is 7.89. The molecule has 208 valence electrons. The third-order valence-corrected chi connectivity index (χ3v) is 8.53. The van der Waals surface area contributed by atoms with Crippen LogP contribution in [-0.2, 0) is 32.6 Å². The highest BCUT2D eigenvalue weighted by Gasteiger charge is 2.33. The van der Waals surface area contributed by atoms with E-state index < -0.39 is 28.5 Å². The van der Waals surface area contributed by atoms with Crippen molar-refractivity contribution in [3.05, 3.63) is 101 Å². The molecule has 0 aliphatic rings. The van der Waals surface area contributed by atoms with Crippen molar-refractivity contribution in [2.24, 2.45) is 5.92 Å². The first kappa shape index (κ1) is 30.3. The summed E-state index contributed by atoms with van der Waals surface area (Å²) in [6.45, 7) is 5.90. The summed E-state index contributed by atoms with van der Waals surface area (Å²) < 4.78 is 27.5. The largest absolute Gasteiger partial charge is 0.354 e. The number of nitrogens with zero attached hydrogens (tertiary/aromatic N) is 2. The number of aryl methyl sites for hydroxylation is 1. The Balaban J connectivity index is 1.97. The Morgan fingerprint density at radius 1 is 0.923 bits per heavy atom. The maximum absolute atomic E-state index is 13.9. The molecule has 0 bridgehead atoms. The molecular formula is C30H36ClN3O4S. The Kier molecular flexibility index (Phi) is 10.7. The van der Waals surface area contributed by atoms with Gasteiger partial charge in [0.2, 0.25) is 21.8 Å². The summed E-state index contributed by atoms with van der Waals surface area (Å²) >= 11 is 6.45. The van der Waals surface area contributed by atoms with Crippen molar-refractivity contribution in [2.45, 2.75) is 44.7 Å². The van der Waals surface area contributed by atoms with Crippen molar-refractivity contribution < 1.29 is 18.0 Å². The molecule has 0 radical (unpaired) electrons. The Labute approximate surface area is 236 Å². The predicted octanol–water partition coefficient (Wildman–Crippen LogP) is 4.68. The molecule has 0 saturated carbocycles. The van der Waals surface area contributed by atoms with Crippen LogP contribution in [0.25, 0.3) is 0 Å². The van der Waals surface area contributed by atoms with Crippen LogP contribution in [0.15, 0.2) is 83.8 Å². The van der Waals surface area contributed by atoms with Crippen LogP contribution >= 0.6 is 11.6 Å². The average molecular weight is 570 g/mol. The lowest BCUT2D eigenvalue weighted by Crippen LogP contribution is -2.53. The van der Waals surface area contributed by atoms with E-state index in [0.29, 0.717) is 17.1 Å². The van der Waals surface area contributed by atoms with Gasteiger partial charge >= 0.3 is 0 Å². The number of carbonyl (C=O) groups is 2. The molecule has 7 nitrogen and oxygen atoms in total. The second kappa shape index (κ2) is 13.7. The van der Waals surface area contributed by atoms with Crippen LogP contribution in [0.3, 0.4) is 0 Å². The smallest absolute Gasteiger partial charge is 0.243 e. The second-order valence-corrected chi connectivity index (χ2v) is 12.5. The fourth-order valence-electron chi connectivity index (χ4n) is 4.04. The third kappa shape index (κ3) is 8.39. The molecule has 9 heteroatoms. The lowest BCUT2D eigenvalue weighted by atomic mass is 10.0. The Morgan fingerprint density at radius 2 is 1.54 bits per heavy atom. The van der Waals surface area contributed by atoms with Gasteiger partial charge in [-0.2, -0.15) is 4.31 Å². The van der Waals surface area contributed by atoms with Crippen LogP contribution in [0.5, 0.6) is 0 Å². The van der Waals surface area contributed by atoms with E-state index >= 15 is 0 Å². The lowest BCUT2D eigenvalue weighted by molar-refractivity contribution is -0.141. The number of carbonyl (C=O) groups excluding carboxylic acids is 2. The Morgan fingerprint density at radius 3 is 2.15 bits per heavy atom. The Hall–Kier alpha value is -3.20. The molecule has 0 aromatic heterocycles. The summed E-state index contributed by atoms with van der Waals surface area (Å²) in [4.78, 5) is 28.9. The van der Waals surface area contributed by atoms with E-state index in [1.165, 1.54) is 24.1 Å². The van der Waals surface area contributed by atoms with Crippen LogP contribution in [0, 0.1) is 12.8 Å². The van der Waals surface area contributed by atoms with Crippen LogP contribution < -0.4 is 5.32 Å². The van der Waals surface area contributed by atoms with Gasteiger partial charge in [0.05, 0.1) is 11.4 Å². The molecular weight excluding hydrogens is 534 g/mol. The van der Waals surface area contributed by atoms with Crippen molar-refractivity contribution in [1.29, 1.82) is 0 Å². The van der Waals surface area contributed by atoms with Gasteiger partial charge in [-0.3, -0.25) is 9.59 Å². The van der Waals surface area contributed by atoms with Gasteiger partial charge in [0.15, 0.2) is 0 Å². The Bertz CT molecular complexity index is 1360. The summed E-state index contributed by atoms with van der Waals surface area (Å²) in [5, 5.41) is 3.41. The number of halogens is 1. The number of hydrogen-bond acceptors (Lipinski definition) is 4. The molecule has 0 saturated heterocycles. The summed E-state index contributed by atoms with van der Waals surface area (Å²) in [7, 11) is -2.57. The van der Waals surface area contributed by atoms with Gasteiger partial charge in [0.25, 0.3) is 0 Å². The first-order valence-electron chi connectivity index (χ1n) is 12.9. The fourth-order valence-corrected chi connectivity index (χ4v) is 5.36. The van der Waals surface area contributed by atoms with Crippen LogP contribution in [0.2, 0.25) is 5.02 Å². The van der Waals surface area contributed by atoms with Gasteiger partial charge in [0, 0.05) is 31.6 Å². The number of likely N-dealkylation sites (N-methyl/N-ethyl adjacent to an activating group) is 1. The molecule has 1 N–H and O–H groups in total. The number of sulfonamides is 1. The lowest BCUT2D eigenvalue weighted by Gasteiger charge is -2.33. The van der Waals surface area contributed by atoms with E-state index in [9.17, 15) is 18.0 Å². The van der Waals surface area contributed by atoms with Crippen molar-refractivity contribution in [3.8, 4) is 0 Å². The molecule has 3 rings (SSSR count). The number of nitrogens with one attached hydrogen (secondary N) is 1. The van der Waals surface area contributed by atoms with Gasteiger partial charge < -0.3 is 10.2 Å². The van der Waals surface area contributed by atoms with Gasteiger partial charge in [-0.15, -0.1) is 0 Å². The molecule has 0 heterocycles. The molecule has 0 aliphatic carbocycles. The summed E-state index contributed by atoms with van der Waals surface area (Å²) in [5.74, 6) is -0.601. The maximum atomic E-state index is 13.9. The van der Waals surface area contributed by atoms with Crippen molar-refractivity contribution in [3.63, 3.8) is 0 Å². The fraction of sp³-hybridized carbons (Fsp3) is 0.333. The molecule has 0 spiro atoms. The first-order valence-corrected chi connectivity index (χ1v) is 14.7. The number of benzene rings is 3. The van der Waals surface area contributed by atoms with Crippen LogP contribution in [0.1, 0.15) is 30.5 Å². The predicted molar refractivity (Wildman–Crippen MR) is 155 cm³/mol. The SMILES string of the molecule is Cc1ccc(S(=O)(=O)N(C)CC(=O)N(Cc2ccccc2Cl)[C@H](Cc2ccccc2)C(=O)NCC(C)C)cc1. The van der Waals surface area contributed by atoms with E-state index in [2.05, 4.69) is 5.32 Å². The quantitative estimate of drug-likeness (QED) is 0.343. The van der Waals surface area contributed by atoms with E-state index in [4.69, 9.17) is 11.6 Å². The molecule has 1 atom stereocenters. The molecule has 3 aromatic rings. The average Bonchev–Trinajstić information content (AvgIpc) is 2.91. The zero-order valence-corrected chi connectivity index (χ0v) is 24.4. The number of rotatable bonds is 12. The van der Waals surface area contributed by atoms with Gasteiger partial charge in [0.1, 0.15) is 6.04 Å². The van der Waals surface area contributed by atoms with E-state index in [1.54, 1.807) is 30.3 Å². The van der Waals surface area contributed by atoms with Crippen molar-refractivity contribution >= 4 is 33.4 Å². The van der Waals surface area contributed by atoms with E-state index in [0.717, 1.165) is 15.4 Å². The molecule has 3 aromatic carbocycles. The minimum atomic E-state index is -3.93. The molecule has 39 heavy (non-hydrogen) atoms. The summed E-state index contributed by atoms with van der Waals surface area (Å²) in [6.07, 6.45) is 0.259. The molecule has 2 amide bonds. The summed E-state index contributed by atoms with van der Waals surface area (Å²) in [6, 6.07) is 22.1. The monoisotopic (exact) mass is 569 g/mol. The minimum absolute atomic E-state index is 0.0452. The van der Waals surface area contributed by atoms with E-state index in [-0.39, 0.29) is 29.7 Å². The topological polar surface area (TPSA) is 86.8 Å². The van der Waals surface area contributed by atoms with Crippen LogP contribution in [-0.4, -0.2) is 55.6 Å².